The normalized spacial score (nSPS) is 21.3. The third kappa shape index (κ3) is 3.03. The molecular weight excluding hydrogens is 276 g/mol. The van der Waals surface area contributed by atoms with Crippen LogP contribution >= 0.6 is 27.3 Å². The van der Waals surface area contributed by atoms with E-state index in [9.17, 15) is 4.79 Å². The molecule has 1 saturated heterocycles. The van der Waals surface area contributed by atoms with E-state index >= 15 is 0 Å². The van der Waals surface area contributed by atoms with Crippen LogP contribution in [0.4, 0.5) is 0 Å². The van der Waals surface area contributed by atoms with Gasteiger partial charge >= 0.3 is 0 Å². The molecule has 0 saturated carbocycles. The molecule has 2 heterocycles. The topological polar surface area (TPSA) is 41.1 Å². The molecule has 0 aromatic carbocycles. The highest BCUT2D eigenvalue weighted by Crippen LogP contribution is 2.20. The van der Waals surface area contributed by atoms with Crippen LogP contribution in [0.3, 0.4) is 0 Å². The largest absolute Gasteiger partial charge is 0.348 e. The fraction of sp³-hybridized carbons (Fsp3) is 0.500. The summed E-state index contributed by atoms with van der Waals surface area (Å²) in [4.78, 5) is 11.8. The van der Waals surface area contributed by atoms with E-state index in [1.165, 1.54) is 11.3 Å². The molecule has 1 aromatic rings. The van der Waals surface area contributed by atoms with Crippen molar-refractivity contribution in [3.8, 4) is 0 Å². The maximum absolute atomic E-state index is 11.8. The Morgan fingerprint density at radius 3 is 3.13 bits per heavy atom. The van der Waals surface area contributed by atoms with Crippen molar-refractivity contribution in [2.45, 2.75) is 18.9 Å². The summed E-state index contributed by atoms with van der Waals surface area (Å²) in [5.74, 6) is 0.0330. The summed E-state index contributed by atoms with van der Waals surface area (Å²) in [5, 5.41) is 8.18. The lowest BCUT2D eigenvalue weighted by Crippen LogP contribution is -2.45. The van der Waals surface area contributed by atoms with Gasteiger partial charge in [0.1, 0.15) is 0 Å². The van der Waals surface area contributed by atoms with Crippen LogP contribution in [0.15, 0.2) is 15.2 Å². The molecule has 1 aliphatic heterocycles. The van der Waals surface area contributed by atoms with Crippen LogP contribution in [-0.2, 0) is 0 Å². The minimum atomic E-state index is 0.0330. The Labute approximate surface area is 101 Å². The van der Waals surface area contributed by atoms with Gasteiger partial charge in [0.25, 0.3) is 5.91 Å². The van der Waals surface area contributed by atoms with Gasteiger partial charge in [-0.05, 0) is 41.4 Å². The maximum atomic E-state index is 11.8. The Bertz CT molecular complexity index is 347. The average molecular weight is 289 g/mol. The van der Waals surface area contributed by atoms with Gasteiger partial charge in [0.15, 0.2) is 0 Å². The lowest BCUT2D eigenvalue weighted by Gasteiger charge is -2.23. The second-order valence-electron chi connectivity index (χ2n) is 3.66. The van der Waals surface area contributed by atoms with Crippen molar-refractivity contribution < 1.29 is 4.79 Å². The van der Waals surface area contributed by atoms with Crippen molar-refractivity contribution in [3.05, 3.63) is 20.8 Å². The van der Waals surface area contributed by atoms with E-state index in [1.54, 1.807) is 0 Å². The molecule has 0 bridgehead atoms. The van der Waals surface area contributed by atoms with Gasteiger partial charge in [0.05, 0.1) is 9.35 Å². The predicted molar refractivity (Wildman–Crippen MR) is 65.4 cm³/mol. The third-order valence-corrected chi connectivity index (χ3v) is 3.97. The first kappa shape index (κ1) is 11.1. The molecule has 15 heavy (non-hydrogen) atoms. The van der Waals surface area contributed by atoms with Crippen LogP contribution in [0, 0.1) is 0 Å². The van der Waals surface area contributed by atoms with Crippen LogP contribution in [0.5, 0.6) is 0 Å². The van der Waals surface area contributed by atoms with Crippen molar-refractivity contribution in [2.75, 3.05) is 13.1 Å². The van der Waals surface area contributed by atoms with Crippen LogP contribution < -0.4 is 10.6 Å². The lowest BCUT2D eigenvalue weighted by molar-refractivity contribution is 0.0931. The van der Waals surface area contributed by atoms with E-state index in [1.807, 2.05) is 11.4 Å². The second kappa shape index (κ2) is 5.09. The third-order valence-electron chi connectivity index (χ3n) is 2.46. The molecule has 1 amide bonds. The molecule has 1 aliphatic rings. The van der Waals surface area contributed by atoms with Crippen molar-refractivity contribution in [1.29, 1.82) is 0 Å². The number of carbonyl (C=O) groups excluding carboxylic acids is 1. The Morgan fingerprint density at radius 1 is 1.67 bits per heavy atom. The zero-order valence-corrected chi connectivity index (χ0v) is 10.7. The summed E-state index contributed by atoms with van der Waals surface area (Å²) in [6, 6.07) is 2.14. The molecule has 1 unspecified atom stereocenters. The highest BCUT2D eigenvalue weighted by Gasteiger charge is 2.16. The molecule has 5 heteroatoms. The van der Waals surface area contributed by atoms with Gasteiger partial charge in [0, 0.05) is 18.0 Å². The van der Waals surface area contributed by atoms with Crippen molar-refractivity contribution in [1.82, 2.24) is 10.6 Å². The number of piperidine rings is 1. The number of nitrogens with one attached hydrogen (secondary N) is 2. The van der Waals surface area contributed by atoms with E-state index < -0.39 is 0 Å². The number of halogens is 1. The summed E-state index contributed by atoms with van der Waals surface area (Å²) in [7, 11) is 0. The molecular formula is C10H13BrN2OS. The van der Waals surface area contributed by atoms with Gasteiger partial charge in [-0.25, -0.2) is 0 Å². The molecule has 1 atom stereocenters. The highest BCUT2D eigenvalue weighted by molar-refractivity contribution is 9.11. The first-order valence-corrected chi connectivity index (χ1v) is 6.68. The van der Waals surface area contributed by atoms with E-state index in [-0.39, 0.29) is 11.9 Å². The van der Waals surface area contributed by atoms with Gasteiger partial charge < -0.3 is 10.6 Å². The molecule has 0 aliphatic carbocycles. The highest BCUT2D eigenvalue weighted by atomic mass is 79.9. The van der Waals surface area contributed by atoms with Gasteiger partial charge in [0.2, 0.25) is 0 Å². The summed E-state index contributed by atoms with van der Waals surface area (Å²) in [5.41, 5.74) is 0.748. The van der Waals surface area contributed by atoms with E-state index in [0.717, 1.165) is 35.3 Å². The summed E-state index contributed by atoms with van der Waals surface area (Å²) in [6.45, 7) is 1.95. The van der Waals surface area contributed by atoms with Crippen LogP contribution in [0.2, 0.25) is 0 Å². The van der Waals surface area contributed by atoms with Gasteiger partial charge in [-0.15, -0.1) is 11.3 Å². The van der Waals surface area contributed by atoms with E-state index in [4.69, 9.17) is 0 Å². The smallest absolute Gasteiger partial charge is 0.252 e. The van der Waals surface area contributed by atoms with Crippen molar-refractivity contribution >= 4 is 33.2 Å². The Hall–Kier alpha value is -0.390. The van der Waals surface area contributed by atoms with Crippen molar-refractivity contribution in [3.63, 3.8) is 0 Å². The molecule has 3 nitrogen and oxygen atoms in total. The number of thiophene rings is 1. The molecule has 2 rings (SSSR count). The first-order chi connectivity index (χ1) is 7.25. The SMILES string of the molecule is O=C(NC1CCCNC1)c1csc(Br)c1. The Kier molecular flexibility index (Phi) is 3.77. The number of amides is 1. The quantitative estimate of drug-likeness (QED) is 0.874. The fourth-order valence-electron chi connectivity index (χ4n) is 1.67. The molecule has 0 radical (unpaired) electrons. The minimum absolute atomic E-state index is 0.0330. The number of hydrogen-bond donors (Lipinski definition) is 2. The summed E-state index contributed by atoms with van der Waals surface area (Å²) >= 11 is 4.89. The minimum Gasteiger partial charge on any atom is -0.348 e. The first-order valence-electron chi connectivity index (χ1n) is 5.01. The number of hydrogen-bond acceptors (Lipinski definition) is 3. The monoisotopic (exact) mass is 288 g/mol. The summed E-state index contributed by atoms with van der Waals surface area (Å²) in [6.07, 6.45) is 2.21. The van der Waals surface area contributed by atoms with Crippen LogP contribution in [0.25, 0.3) is 0 Å². The maximum Gasteiger partial charge on any atom is 0.252 e. The molecule has 1 aromatic heterocycles. The van der Waals surface area contributed by atoms with Gasteiger partial charge in [-0.2, -0.15) is 0 Å². The van der Waals surface area contributed by atoms with Crippen LogP contribution in [-0.4, -0.2) is 25.0 Å². The van der Waals surface area contributed by atoms with Gasteiger partial charge in [-0.1, -0.05) is 0 Å². The molecule has 2 N–H and O–H groups in total. The fourth-order valence-corrected chi connectivity index (χ4v) is 2.81. The van der Waals surface area contributed by atoms with Crippen molar-refractivity contribution in [2.24, 2.45) is 0 Å². The number of rotatable bonds is 2. The zero-order chi connectivity index (χ0) is 10.7. The van der Waals surface area contributed by atoms with E-state index in [2.05, 4.69) is 26.6 Å². The molecule has 1 fully saturated rings. The Morgan fingerprint density at radius 2 is 2.53 bits per heavy atom. The average Bonchev–Trinajstić information content (AvgIpc) is 2.66. The van der Waals surface area contributed by atoms with Gasteiger partial charge in [-0.3, -0.25) is 4.79 Å². The van der Waals surface area contributed by atoms with E-state index in [0.29, 0.717) is 0 Å². The number of carbonyl (C=O) groups is 1. The van der Waals surface area contributed by atoms with Crippen LogP contribution in [0.1, 0.15) is 23.2 Å². The molecule has 82 valence electrons. The summed E-state index contributed by atoms with van der Waals surface area (Å²) < 4.78 is 0.995. The predicted octanol–water partition coefficient (Wildman–Crippen LogP) is 1.99. The Balaban J connectivity index is 1.91. The lowest BCUT2D eigenvalue weighted by atomic mass is 10.1. The second-order valence-corrected chi connectivity index (χ2v) is 5.95. The molecule has 0 spiro atoms. The zero-order valence-electron chi connectivity index (χ0n) is 8.25. The standard InChI is InChI=1S/C10H13BrN2OS/c11-9-4-7(6-15-9)10(14)13-8-2-1-3-12-5-8/h4,6,8,12H,1-3,5H2,(H,13,14).